The van der Waals surface area contributed by atoms with Gasteiger partial charge in [-0.1, -0.05) is 42.0 Å². The second-order valence-corrected chi connectivity index (χ2v) is 7.60. The third kappa shape index (κ3) is 3.41. The van der Waals surface area contributed by atoms with E-state index < -0.39 is 0 Å². The van der Waals surface area contributed by atoms with Crippen molar-refractivity contribution in [3.8, 4) is 17.3 Å². The number of amides is 1. The number of hydrogen-bond acceptors (Lipinski definition) is 4. The Morgan fingerprint density at radius 2 is 1.93 bits per heavy atom. The maximum atomic E-state index is 13.1. The molecule has 1 N–H and O–H groups in total. The summed E-state index contributed by atoms with van der Waals surface area (Å²) in [6.45, 7) is 2.03. The van der Waals surface area contributed by atoms with Gasteiger partial charge in [0.15, 0.2) is 11.6 Å². The molecule has 2 aromatic heterocycles. The lowest BCUT2D eigenvalue weighted by Crippen LogP contribution is -2.31. The van der Waals surface area contributed by atoms with Gasteiger partial charge in [0.2, 0.25) is 5.82 Å². The molecular weight excluding hydrogens is 376 g/mol. The molecule has 30 heavy (non-hydrogen) atoms. The van der Waals surface area contributed by atoms with E-state index in [1.54, 1.807) is 17.0 Å². The molecule has 0 radical (unpaired) electrons. The van der Waals surface area contributed by atoms with Crippen molar-refractivity contribution in [2.45, 2.75) is 32.2 Å². The standard InChI is InChI=1S/C24H22N4O2/c1-16-11-13-18(14-12-16)28-23(21-10-5-15-30-21)26-22(27-28)24(29)25-20-9-4-7-17-6-2-3-8-19(17)20/h2-3,5-6,8,10-15,20H,4,7,9H2,1H3,(H,25,29). The number of carbonyl (C=O) groups excluding carboxylic acids is 1. The predicted octanol–water partition coefficient (Wildman–Crippen LogP) is 4.64. The smallest absolute Gasteiger partial charge is 0.291 e. The number of hydrogen-bond donors (Lipinski definition) is 1. The van der Waals surface area contributed by atoms with Crippen molar-refractivity contribution in [1.82, 2.24) is 20.1 Å². The van der Waals surface area contributed by atoms with Crippen LogP contribution >= 0.6 is 0 Å². The van der Waals surface area contributed by atoms with Gasteiger partial charge in [-0.2, -0.15) is 4.98 Å². The Morgan fingerprint density at radius 1 is 1.10 bits per heavy atom. The first kappa shape index (κ1) is 18.4. The SMILES string of the molecule is Cc1ccc(-n2nc(C(=O)NC3CCCc4ccccc43)nc2-c2ccco2)cc1. The highest BCUT2D eigenvalue weighted by atomic mass is 16.3. The van der Waals surface area contributed by atoms with Crippen molar-refractivity contribution in [3.63, 3.8) is 0 Å². The van der Waals surface area contributed by atoms with E-state index in [4.69, 9.17) is 4.42 Å². The van der Waals surface area contributed by atoms with Crippen LogP contribution in [0.1, 0.15) is 46.2 Å². The molecule has 1 unspecified atom stereocenters. The maximum absolute atomic E-state index is 13.1. The van der Waals surface area contributed by atoms with Gasteiger partial charge in [0, 0.05) is 0 Å². The summed E-state index contributed by atoms with van der Waals surface area (Å²) in [5.74, 6) is 0.906. The Hall–Kier alpha value is -3.67. The fourth-order valence-electron chi connectivity index (χ4n) is 3.97. The van der Waals surface area contributed by atoms with Gasteiger partial charge in [-0.3, -0.25) is 4.79 Å². The first-order valence-corrected chi connectivity index (χ1v) is 10.2. The zero-order chi connectivity index (χ0) is 20.5. The van der Waals surface area contributed by atoms with Crippen LogP contribution in [-0.4, -0.2) is 20.7 Å². The predicted molar refractivity (Wildman–Crippen MR) is 113 cm³/mol. The summed E-state index contributed by atoms with van der Waals surface area (Å²) in [5.41, 5.74) is 4.44. The number of aromatic nitrogens is 3. The van der Waals surface area contributed by atoms with E-state index in [-0.39, 0.29) is 17.8 Å². The molecule has 6 heteroatoms. The topological polar surface area (TPSA) is 73.0 Å². The fourth-order valence-corrected chi connectivity index (χ4v) is 3.97. The Labute approximate surface area is 174 Å². The number of carbonyl (C=O) groups is 1. The molecule has 5 rings (SSSR count). The van der Waals surface area contributed by atoms with E-state index in [0.717, 1.165) is 30.5 Å². The van der Waals surface area contributed by atoms with Crippen LogP contribution in [0, 0.1) is 6.92 Å². The summed E-state index contributed by atoms with van der Waals surface area (Å²) in [6, 6.07) is 19.8. The van der Waals surface area contributed by atoms with Gasteiger partial charge < -0.3 is 9.73 Å². The van der Waals surface area contributed by atoms with E-state index >= 15 is 0 Å². The van der Waals surface area contributed by atoms with Gasteiger partial charge in [0.25, 0.3) is 5.91 Å². The Kier molecular flexibility index (Phi) is 4.67. The second kappa shape index (κ2) is 7.63. The minimum atomic E-state index is -0.282. The molecule has 1 aliphatic rings. The highest BCUT2D eigenvalue weighted by molar-refractivity contribution is 5.91. The summed E-state index contributed by atoms with van der Waals surface area (Å²) in [4.78, 5) is 17.6. The van der Waals surface area contributed by atoms with Crippen molar-refractivity contribution in [1.29, 1.82) is 0 Å². The summed E-state index contributed by atoms with van der Waals surface area (Å²) in [6.07, 6.45) is 4.59. The van der Waals surface area contributed by atoms with Gasteiger partial charge in [0.1, 0.15) is 0 Å². The number of rotatable bonds is 4. The normalized spacial score (nSPS) is 15.6. The van der Waals surface area contributed by atoms with Crippen molar-refractivity contribution >= 4 is 5.91 Å². The number of aryl methyl sites for hydroxylation is 2. The molecule has 1 amide bonds. The average Bonchev–Trinajstić information content (AvgIpc) is 3.45. The summed E-state index contributed by atoms with van der Waals surface area (Å²) < 4.78 is 7.19. The zero-order valence-electron chi connectivity index (χ0n) is 16.7. The average molecular weight is 398 g/mol. The van der Waals surface area contributed by atoms with Crippen molar-refractivity contribution in [2.75, 3.05) is 0 Å². The molecule has 1 aliphatic carbocycles. The van der Waals surface area contributed by atoms with Crippen LogP contribution in [0.15, 0.2) is 71.3 Å². The molecule has 0 saturated carbocycles. The van der Waals surface area contributed by atoms with E-state index in [2.05, 4.69) is 27.5 Å². The van der Waals surface area contributed by atoms with E-state index in [1.165, 1.54) is 11.1 Å². The quantitative estimate of drug-likeness (QED) is 0.543. The lowest BCUT2D eigenvalue weighted by Gasteiger charge is -2.25. The fraction of sp³-hybridized carbons (Fsp3) is 0.208. The highest BCUT2D eigenvalue weighted by Crippen LogP contribution is 2.30. The molecule has 0 spiro atoms. The zero-order valence-corrected chi connectivity index (χ0v) is 16.7. The number of benzene rings is 2. The lowest BCUT2D eigenvalue weighted by atomic mass is 9.88. The highest BCUT2D eigenvalue weighted by Gasteiger charge is 2.25. The molecule has 0 aliphatic heterocycles. The van der Waals surface area contributed by atoms with Gasteiger partial charge in [-0.15, -0.1) is 5.10 Å². The number of fused-ring (bicyclic) bond motifs is 1. The Morgan fingerprint density at radius 3 is 2.73 bits per heavy atom. The first-order valence-electron chi connectivity index (χ1n) is 10.2. The van der Waals surface area contributed by atoms with Crippen LogP contribution in [0.25, 0.3) is 17.3 Å². The van der Waals surface area contributed by atoms with Crippen LogP contribution in [0.3, 0.4) is 0 Å². The molecule has 0 saturated heterocycles. The molecule has 0 bridgehead atoms. The minimum Gasteiger partial charge on any atom is -0.461 e. The minimum absolute atomic E-state index is 0.0270. The van der Waals surface area contributed by atoms with Gasteiger partial charge in [-0.25, -0.2) is 4.68 Å². The van der Waals surface area contributed by atoms with Crippen LogP contribution < -0.4 is 5.32 Å². The molecule has 6 nitrogen and oxygen atoms in total. The molecule has 1 atom stereocenters. The van der Waals surface area contributed by atoms with E-state index in [1.807, 2.05) is 49.4 Å². The number of nitrogens with one attached hydrogen (secondary N) is 1. The van der Waals surface area contributed by atoms with Crippen molar-refractivity contribution in [2.24, 2.45) is 0 Å². The summed E-state index contributed by atoms with van der Waals surface area (Å²) >= 11 is 0. The molecule has 4 aromatic rings. The Bertz CT molecular complexity index is 1180. The molecule has 2 heterocycles. The maximum Gasteiger partial charge on any atom is 0.291 e. The van der Waals surface area contributed by atoms with Gasteiger partial charge >= 0.3 is 0 Å². The summed E-state index contributed by atoms with van der Waals surface area (Å²) in [5, 5.41) is 7.65. The molecule has 150 valence electrons. The second-order valence-electron chi connectivity index (χ2n) is 7.60. The first-order chi connectivity index (χ1) is 14.7. The largest absolute Gasteiger partial charge is 0.461 e. The van der Waals surface area contributed by atoms with E-state index in [0.29, 0.717) is 11.6 Å². The van der Waals surface area contributed by atoms with Gasteiger partial charge in [0.05, 0.1) is 18.0 Å². The van der Waals surface area contributed by atoms with Crippen molar-refractivity contribution < 1.29 is 9.21 Å². The summed E-state index contributed by atoms with van der Waals surface area (Å²) in [7, 11) is 0. The number of nitrogens with zero attached hydrogens (tertiary/aromatic N) is 3. The molecular formula is C24H22N4O2. The molecule has 2 aromatic carbocycles. The van der Waals surface area contributed by atoms with Crippen LogP contribution in [-0.2, 0) is 6.42 Å². The third-order valence-electron chi connectivity index (χ3n) is 5.51. The van der Waals surface area contributed by atoms with Crippen LogP contribution in [0.4, 0.5) is 0 Å². The molecule has 0 fully saturated rings. The third-order valence-corrected chi connectivity index (χ3v) is 5.51. The van der Waals surface area contributed by atoms with Gasteiger partial charge in [-0.05, 0) is 61.6 Å². The lowest BCUT2D eigenvalue weighted by molar-refractivity contribution is 0.0922. The van der Waals surface area contributed by atoms with Crippen molar-refractivity contribution in [3.05, 3.63) is 89.4 Å². The number of furan rings is 1. The van der Waals surface area contributed by atoms with E-state index in [9.17, 15) is 4.79 Å². The van der Waals surface area contributed by atoms with Crippen LogP contribution in [0.2, 0.25) is 0 Å². The van der Waals surface area contributed by atoms with Crippen LogP contribution in [0.5, 0.6) is 0 Å². The Balaban J connectivity index is 1.48. The monoisotopic (exact) mass is 398 g/mol.